The standard InChI is InChI=1S/C11H14NO4P/c1-11(12,9(13)15-2)10(17-14)16-8-6-4-3-5-7-8/h3-7,10H,12H2,1-2H3. The number of hydrogen-bond donors (Lipinski definition) is 1. The number of esters is 1. The molecule has 17 heavy (non-hydrogen) atoms. The number of nitrogens with two attached hydrogens (primary N) is 1. The smallest absolute Gasteiger partial charge is 0.330 e. The van der Waals surface area contributed by atoms with Crippen molar-refractivity contribution in [3.63, 3.8) is 0 Å². The van der Waals surface area contributed by atoms with Gasteiger partial charge in [-0.2, -0.15) is 0 Å². The molecule has 2 atom stereocenters. The first-order valence-electron chi connectivity index (χ1n) is 4.94. The molecule has 0 aliphatic rings. The second-order valence-corrected chi connectivity index (χ2v) is 4.34. The molecule has 2 N–H and O–H groups in total. The van der Waals surface area contributed by atoms with Crippen molar-refractivity contribution in [2.75, 3.05) is 7.11 Å². The van der Waals surface area contributed by atoms with Gasteiger partial charge >= 0.3 is 5.97 Å². The van der Waals surface area contributed by atoms with E-state index in [1.807, 2.05) is 6.07 Å². The largest absolute Gasteiger partial charge is 0.476 e. The molecule has 5 nitrogen and oxygen atoms in total. The van der Waals surface area contributed by atoms with Gasteiger partial charge in [-0.15, -0.1) is 0 Å². The number of hydrogen-bond acceptors (Lipinski definition) is 5. The van der Waals surface area contributed by atoms with E-state index in [0.717, 1.165) is 0 Å². The van der Waals surface area contributed by atoms with Gasteiger partial charge in [0.1, 0.15) is 5.75 Å². The Morgan fingerprint density at radius 1 is 1.41 bits per heavy atom. The zero-order chi connectivity index (χ0) is 12.9. The van der Waals surface area contributed by atoms with Crippen molar-refractivity contribution in [2.24, 2.45) is 5.73 Å². The van der Waals surface area contributed by atoms with Crippen molar-refractivity contribution >= 4 is 14.4 Å². The van der Waals surface area contributed by atoms with Crippen LogP contribution in [0.1, 0.15) is 6.92 Å². The summed E-state index contributed by atoms with van der Waals surface area (Å²) in [5.74, 6) is -1.19. The van der Waals surface area contributed by atoms with Gasteiger partial charge < -0.3 is 15.2 Å². The highest BCUT2D eigenvalue weighted by molar-refractivity contribution is 7.24. The Bertz CT molecular complexity index is 394. The number of para-hydroxylation sites is 1. The summed E-state index contributed by atoms with van der Waals surface area (Å²) in [6, 6.07) is 8.72. The van der Waals surface area contributed by atoms with E-state index in [9.17, 15) is 9.36 Å². The van der Waals surface area contributed by atoms with Crippen LogP contribution in [0.3, 0.4) is 0 Å². The lowest BCUT2D eigenvalue weighted by molar-refractivity contribution is -0.148. The molecule has 0 aliphatic heterocycles. The van der Waals surface area contributed by atoms with Crippen molar-refractivity contribution in [1.29, 1.82) is 0 Å². The maximum atomic E-state index is 11.5. The molecule has 0 fully saturated rings. The summed E-state index contributed by atoms with van der Waals surface area (Å²) in [4.78, 5) is 11.5. The van der Waals surface area contributed by atoms with E-state index in [2.05, 4.69) is 4.74 Å². The number of benzene rings is 1. The van der Waals surface area contributed by atoms with E-state index in [1.165, 1.54) is 14.0 Å². The first-order chi connectivity index (χ1) is 8.02. The Labute approximate surface area is 101 Å². The summed E-state index contributed by atoms with van der Waals surface area (Å²) < 4.78 is 21.0. The third-order valence-electron chi connectivity index (χ3n) is 2.22. The quantitative estimate of drug-likeness (QED) is 0.638. The minimum absolute atomic E-state index is 0.380. The molecule has 0 saturated heterocycles. The number of rotatable bonds is 5. The Hall–Kier alpha value is -1.45. The molecule has 0 saturated carbocycles. The Morgan fingerprint density at radius 3 is 2.47 bits per heavy atom. The molecular formula is C11H14NO4P. The normalized spacial score (nSPS) is 15.9. The van der Waals surface area contributed by atoms with Crippen LogP contribution in [0, 0.1) is 0 Å². The van der Waals surface area contributed by atoms with Gasteiger partial charge in [0.25, 0.3) is 0 Å². The van der Waals surface area contributed by atoms with Crippen molar-refractivity contribution in [3.05, 3.63) is 30.3 Å². The molecule has 0 radical (unpaired) electrons. The topological polar surface area (TPSA) is 78.6 Å². The van der Waals surface area contributed by atoms with Crippen molar-refractivity contribution in [2.45, 2.75) is 18.3 Å². The van der Waals surface area contributed by atoms with Gasteiger partial charge in [-0.05, 0) is 19.1 Å². The predicted octanol–water partition coefficient (Wildman–Crippen LogP) is 1.57. The van der Waals surface area contributed by atoms with Crippen molar-refractivity contribution in [1.82, 2.24) is 0 Å². The van der Waals surface area contributed by atoms with Gasteiger partial charge in [0, 0.05) is 0 Å². The van der Waals surface area contributed by atoms with Crippen LogP contribution in [0.4, 0.5) is 0 Å². The average molecular weight is 255 g/mol. The number of carbonyl (C=O) groups is 1. The van der Waals surface area contributed by atoms with E-state index in [4.69, 9.17) is 10.5 Å². The molecule has 92 valence electrons. The number of carbonyl (C=O) groups excluding carboxylic acids is 1. The van der Waals surface area contributed by atoms with Crippen molar-refractivity contribution < 1.29 is 18.8 Å². The van der Waals surface area contributed by atoms with Crippen molar-refractivity contribution in [3.8, 4) is 5.75 Å². The Kier molecular flexibility index (Phi) is 4.61. The maximum absolute atomic E-state index is 11.5. The first kappa shape index (κ1) is 13.6. The van der Waals surface area contributed by atoms with Gasteiger partial charge in [-0.25, -0.2) is 4.79 Å². The lowest BCUT2D eigenvalue weighted by Crippen LogP contribution is -2.55. The fourth-order valence-corrected chi connectivity index (χ4v) is 1.69. The zero-order valence-corrected chi connectivity index (χ0v) is 10.5. The SMILES string of the molecule is COC(=O)C(C)(N)C(Oc1ccccc1)P=O. The molecule has 0 aliphatic carbocycles. The molecule has 0 spiro atoms. The highest BCUT2D eigenvalue weighted by Gasteiger charge is 2.41. The number of ether oxygens (including phenoxy) is 2. The van der Waals surface area contributed by atoms with Crippen LogP contribution in [0.2, 0.25) is 0 Å². The fraction of sp³-hybridized carbons (Fsp3) is 0.364. The molecule has 2 unspecified atom stereocenters. The molecule has 6 heteroatoms. The minimum atomic E-state index is -1.48. The summed E-state index contributed by atoms with van der Waals surface area (Å²) >= 11 is 0. The fourth-order valence-electron chi connectivity index (χ4n) is 1.20. The maximum Gasteiger partial charge on any atom is 0.330 e. The highest BCUT2D eigenvalue weighted by atomic mass is 31.1. The predicted molar refractivity (Wildman–Crippen MR) is 63.1 cm³/mol. The minimum Gasteiger partial charge on any atom is -0.476 e. The molecule has 0 aromatic heterocycles. The summed E-state index contributed by atoms with van der Waals surface area (Å²) in [5, 5.41) is 0. The second-order valence-electron chi connectivity index (χ2n) is 3.66. The van der Waals surface area contributed by atoms with Crippen LogP contribution < -0.4 is 10.5 Å². The monoisotopic (exact) mass is 255 g/mol. The molecule has 1 aromatic rings. The summed E-state index contributed by atoms with van der Waals surface area (Å²) in [5.41, 5.74) is 4.29. The van der Waals surface area contributed by atoms with Crippen LogP contribution in [-0.4, -0.2) is 24.5 Å². The van der Waals surface area contributed by atoms with E-state index in [-0.39, 0.29) is 8.46 Å². The van der Waals surface area contributed by atoms with Gasteiger partial charge in [0.15, 0.2) is 5.54 Å². The summed E-state index contributed by atoms with van der Waals surface area (Å²) in [7, 11) is 0.837. The lowest BCUT2D eigenvalue weighted by Gasteiger charge is -2.26. The third-order valence-corrected chi connectivity index (χ3v) is 3.06. The van der Waals surface area contributed by atoms with Gasteiger partial charge in [-0.3, -0.25) is 4.57 Å². The number of methoxy groups -OCH3 is 1. The van der Waals surface area contributed by atoms with E-state index >= 15 is 0 Å². The van der Waals surface area contributed by atoms with E-state index < -0.39 is 17.4 Å². The zero-order valence-electron chi connectivity index (χ0n) is 9.62. The van der Waals surface area contributed by atoms with Crippen LogP contribution >= 0.6 is 8.46 Å². The molecule has 1 rings (SSSR count). The molecule has 0 bridgehead atoms. The van der Waals surface area contributed by atoms with Crippen LogP contribution in [0.5, 0.6) is 5.75 Å². The van der Waals surface area contributed by atoms with Gasteiger partial charge in [0.2, 0.25) is 14.3 Å². The second kappa shape index (κ2) is 5.75. The summed E-state index contributed by atoms with van der Waals surface area (Å²) in [6.07, 6.45) is 0. The van der Waals surface area contributed by atoms with E-state index in [0.29, 0.717) is 5.75 Å². The Morgan fingerprint density at radius 2 is 2.00 bits per heavy atom. The average Bonchev–Trinajstić information content (AvgIpc) is 2.35. The van der Waals surface area contributed by atoms with Crippen LogP contribution in [0.25, 0.3) is 0 Å². The summed E-state index contributed by atoms with van der Waals surface area (Å²) in [6.45, 7) is 1.41. The molecule has 0 amide bonds. The highest BCUT2D eigenvalue weighted by Crippen LogP contribution is 2.25. The molecule has 0 heterocycles. The van der Waals surface area contributed by atoms with Gasteiger partial charge in [-0.1, -0.05) is 18.2 Å². The van der Waals surface area contributed by atoms with Crippen LogP contribution in [-0.2, 0) is 14.1 Å². The molecular weight excluding hydrogens is 241 g/mol. The van der Waals surface area contributed by atoms with Gasteiger partial charge in [0.05, 0.1) is 7.11 Å². The molecule has 1 aromatic carbocycles. The van der Waals surface area contributed by atoms with Crippen LogP contribution in [0.15, 0.2) is 30.3 Å². The third kappa shape index (κ3) is 3.25. The lowest BCUT2D eigenvalue weighted by atomic mass is 10.1. The Balaban J connectivity index is 2.86. The first-order valence-corrected chi connectivity index (χ1v) is 5.82. The van der Waals surface area contributed by atoms with E-state index in [1.54, 1.807) is 24.3 Å².